The minimum absolute atomic E-state index is 0.0296. The number of ether oxygens (including phenoxy) is 2. The summed E-state index contributed by atoms with van der Waals surface area (Å²) in [5.41, 5.74) is -0.419. The summed E-state index contributed by atoms with van der Waals surface area (Å²) in [4.78, 5) is 39.8. The first-order chi connectivity index (χ1) is 14.5. The minimum Gasteiger partial charge on any atom is -0.394 e. The van der Waals surface area contributed by atoms with Crippen LogP contribution in [0.15, 0.2) is 46.1 Å². The number of nitrogens with zero attached hydrogens (tertiary/aromatic N) is 2. The van der Waals surface area contributed by atoms with Crippen molar-refractivity contribution in [3.05, 3.63) is 62.9 Å². The second-order valence-corrected chi connectivity index (χ2v) is 7.01. The van der Waals surface area contributed by atoms with Crippen LogP contribution in [-0.4, -0.2) is 64.7 Å². The molecule has 3 N–H and O–H groups in total. The minimum atomic E-state index is -1.17. The summed E-state index contributed by atoms with van der Waals surface area (Å²) in [7, 11) is 1.34. The molecule has 1 aliphatic rings. The maximum absolute atomic E-state index is 12.4. The number of H-pyrrole nitrogens is 1. The van der Waals surface area contributed by atoms with Crippen molar-refractivity contribution >= 4 is 12.1 Å². The highest BCUT2D eigenvalue weighted by Crippen LogP contribution is 2.30. The lowest BCUT2D eigenvalue weighted by Gasteiger charge is -2.23. The van der Waals surface area contributed by atoms with Crippen LogP contribution in [0.2, 0.25) is 0 Å². The van der Waals surface area contributed by atoms with Gasteiger partial charge in [0.25, 0.3) is 5.56 Å². The Kier molecular flexibility index (Phi) is 7.16. The Balaban J connectivity index is 1.83. The Morgan fingerprint density at radius 3 is 2.67 bits per heavy atom. The highest BCUT2D eigenvalue weighted by Gasteiger charge is 2.45. The third-order valence-corrected chi connectivity index (χ3v) is 5.13. The molecule has 3 rings (SSSR count). The lowest BCUT2D eigenvalue weighted by molar-refractivity contribution is -0.107. The number of benzene rings is 1. The Morgan fingerprint density at radius 1 is 1.30 bits per heavy atom. The van der Waals surface area contributed by atoms with Crippen LogP contribution in [0.1, 0.15) is 18.2 Å². The van der Waals surface area contributed by atoms with Gasteiger partial charge in [0.05, 0.1) is 6.61 Å². The molecule has 10 nitrogen and oxygen atoms in total. The highest BCUT2D eigenvalue weighted by molar-refractivity contribution is 5.73. The van der Waals surface area contributed by atoms with E-state index in [0.29, 0.717) is 19.3 Å². The number of methoxy groups -OCH3 is 1. The van der Waals surface area contributed by atoms with Crippen LogP contribution in [-0.2, 0) is 20.7 Å². The third kappa shape index (κ3) is 4.51. The number of hydrogen-bond donors (Lipinski definition) is 3. The maximum Gasteiger partial charge on any atom is 0.330 e. The molecule has 0 radical (unpaired) electrons. The third-order valence-electron chi connectivity index (χ3n) is 5.13. The number of carbonyl (C=O) groups is 1. The number of carbonyl (C=O) groups excluding carboxylic acids is 1. The average molecular weight is 419 g/mol. The van der Waals surface area contributed by atoms with Crippen LogP contribution in [0, 0.1) is 0 Å². The van der Waals surface area contributed by atoms with Crippen molar-refractivity contribution in [2.24, 2.45) is 0 Å². The summed E-state index contributed by atoms with van der Waals surface area (Å²) in [6, 6.07) is 9.72. The molecule has 1 fully saturated rings. The number of aryl methyl sites for hydroxylation is 1. The van der Waals surface area contributed by atoms with E-state index in [-0.39, 0.29) is 12.2 Å². The summed E-state index contributed by atoms with van der Waals surface area (Å²) in [5, 5.41) is 19.6. The van der Waals surface area contributed by atoms with Crippen LogP contribution in [0.25, 0.3) is 0 Å². The van der Waals surface area contributed by atoms with E-state index in [1.165, 1.54) is 18.2 Å². The van der Waals surface area contributed by atoms with E-state index in [2.05, 4.69) is 4.98 Å². The molecule has 30 heavy (non-hydrogen) atoms. The number of aliphatic hydroxyl groups excluding tert-OH is 2. The molecule has 1 aromatic heterocycles. The molecule has 0 bridgehead atoms. The topological polar surface area (TPSA) is 134 Å². The van der Waals surface area contributed by atoms with E-state index >= 15 is 0 Å². The van der Waals surface area contributed by atoms with Crippen LogP contribution < -0.4 is 16.1 Å². The van der Waals surface area contributed by atoms with Crippen molar-refractivity contribution in [1.29, 1.82) is 0 Å². The molecule has 0 unspecified atom stereocenters. The number of amides is 1. The molecule has 1 aliphatic heterocycles. The molecule has 0 spiro atoms. The molecule has 1 saturated heterocycles. The van der Waals surface area contributed by atoms with Gasteiger partial charge in [0.2, 0.25) is 6.41 Å². The summed E-state index contributed by atoms with van der Waals surface area (Å²) >= 11 is 0. The second-order valence-electron chi connectivity index (χ2n) is 7.01. The first kappa shape index (κ1) is 21.9. The summed E-state index contributed by atoms with van der Waals surface area (Å²) in [6.45, 7) is -0.205. The van der Waals surface area contributed by atoms with Crippen molar-refractivity contribution in [3.63, 3.8) is 0 Å². The fraction of sp³-hybridized carbons (Fsp3) is 0.450. The molecule has 10 heteroatoms. The van der Waals surface area contributed by atoms with Gasteiger partial charge < -0.3 is 24.6 Å². The molecule has 2 aromatic rings. The Labute approximate surface area is 172 Å². The van der Waals surface area contributed by atoms with E-state index in [4.69, 9.17) is 9.47 Å². The second kappa shape index (κ2) is 9.81. The van der Waals surface area contributed by atoms with Crippen molar-refractivity contribution in [3.8, 4) is 0 Å². The van der Waals surface area contributed by atoms with E-state index in [9.17, 15) is 24.6 Å². The van der Waals surface area contributed by atoms with E-state index < -0.39 is 42.4 Å². The van der Waals surface area contributed by atoms with Crippen LogP contribution in [0.4, 0.5) is 5.69 Å². The van der Waals surface area contributed by atoms with Crippen LogP contribution in [0.5, 0.6) is 0 Å². The first-order valence-corrected chi connectivity index (χ1v) is 9.58. The van der Waals surface area contributed by atoms with Crippen molar-refractivity contribution in [2.75, 3.05) is 25.2 Å². The van der Waals surface area contributed by atoms with Gasteiger partial charge in [0, 0.05) is 19.9 Å². The van der Waals surface area contributed by atoms with E-state index in [1.807, 2.05) is 30.3 Å². The van der Waals surface area contributed by atoms with E-state index in [1.54, 1.807) is 0 Å². The number of aliphatic hydroxyl groups is 2. The fourth-order valence-electron chi connectivity index (χ4n) is 3.54. The van der Waals surface area contributed by atoms with Crippen molar-refractivity contribution in [2.45, 2.75) is 37.4 Å². The highest BCUT2D eigenvalue weighted by atomic mass is 16.6. The van der Waals surface area contributed by atoms with Crippen molar-refractivity contribution < 1.29 is 24.5 Å². The molecule has 162 valence electrons. The largest absolute Gasteiger partial charge is 0.394 e. The average Bonchev–Trinajstić information content (AvgIpc) is 3.07. The lowest BCUT2D eigenvalue weighted by Crippen LogP contribution is -2.41. The number of aromatic amines is 1. The fourth-order valence-corrected chi connectivity index (χ4v) is 3.54. The quantitative estimate of drug-likeness (QED) is 0.462. The predicted octanol–water partition coefficient (Wildman–Crippen LogP) is -0.602. The molecule has 4 atom stereocenters. The van der Waals surface area contributed by atoms with Gasteiger partial charge in [0.1, 0.15) is 24.0 Å². The van der Waals surface area contributed by atoms with Gasteiger partial charge in [-0.25, -0.2) is 4.79 Å². The smallest absolute Gasteiger partial charge is 0.330 e. The normalized spacial score (nSPS) is 23.4. The molecule has 0 saturated carbocycles. The van der Waals surface area contributed by atoms with Gasteiger partial charge in [-0.05, 0) is 18.4 Å². The molecule has 1 aromatic carbocycles. The monoisotopic (exact) mass is 419 g/mol. The molecule has 0 aliphatic carbocycles. The van der Waals surface area contributed by atoms with Crippen LogP contribution in [0.3, 0.4) is 0 Å². The number of anilines is 1. The predicted molar refractivity (Wildman–Crippen MR) is 107 cm³/mol. The molecular weight excluding hydrogens is 394 g/mol. The van der Waals surface area contributed by atoms with Crippen LogP contribution >= 0.6 is 0 Å². The first-order valence-electron chi connectivity index (χ1n) is 9.58. The Hall–Kier alpha value is -2.79. The zero-order chi connectivity index (χ0) is 21.7. The number of nitrogens with one attached hydrogen (secondary N) is 1. The Bertz CT molecular complexity index is 959. The van der Waals surface area contributed by atoms with Gasteiger partial charge in [0.15, 0.2) is 6.23 Å². The molecule has 1 amide bonds. The van der Waals surface area contributed by atoms with Gasteiger partial charge in [-0.1, -0.05) is 30.3 Å². The number of hydrogen-bond acceptors (Lipinski definition) is 7. The summed E-state index contributed by atoms with van der Waals surface area (Å²) in [5.74, 6) is 0. The lowest BCUT2D eigenvalue weighted by atomic mass is 10.1. The van der Waals surface area contributed by atoms with E-state index in [0.717, 1.165) is 10.1 Å². The summed E-state index contributed by atoms with van der Waals surface area (Å²) in [6.07, 6.45) is -1.09. The van der Waals surface area contributed by atoms with Gasteiger partial charge in [-0.15, -0.1) is 0 Å². The van der Waals surface area contributed by atoms with Crippen molar-refractivity contribution in [1.82, 2.24) is 9.55 Å². The standard InChI is InChI=1S/C20H25N3O7/c1-29-17-16(26)15(11-24)30-19(17)23-10-14(18(27)21-20(23)28)22(12-25)9-5-8-13-6-3-2-4-7-13/h2-4,6-7,10,12,15-17,19,24,26H,5,8-9,11H2,1H3,(H,21,27,28)/t15-,16+,17-,19-/m1/s1. The van der Waals surface area contributed by atoms with Gasteiger partial charge in [-0.3, -0.25) is 19.1 Å². The zero-order valence-electron chi connectivity index (χ0n) is 16.5. The van der Waals surface area contributed by atoms with Gasteiger partial charge in [-0.2, -0.15) is 0 Å². The maximum atomic E-state index is 12.4. The van der Waals surface area contributed by atoms with Gasteiger partial charge >= 0.3 is 5.69 Å². The SMILES string of the molecule is CO[C@@H]1[C@@H](O)[C@@H](CO)O[C@H]1n1cc(N(C=O)CCCc2ccccc2)c(=O)[nH]c1=O. The number of aromatic nitrogens is 2. The number of rotatable bonds is 9. The molecular formula is C20H25N3O7. The Morgan fingerprint density at radius 2 is 2.03 bits per heavy atom. The summed E-state index contributed by atoms with van der Waals surface area (Å²) < 4.78 is 11.8. The zero-order valence-corrected chi connectivity index (χ0v) is 16.5. The molecule has 2 heterocycles.